The molecule has 0 spiro atoms. The lowest BCUT2D eigenvalue weighted by Gasteiger charge is -2.22. The molecular formula is C21H21N3O3S. The number of H-pyrrole nitrogens is 1. The number of carbonyl (C=O) groups is 1. The minimum absolute atomic E-state index is 0.0462. The van der Waals surface area contributed by atoms with Crippen molar-refractivity contribution in [3.05, 3.63) is 71.4 Å². The second kappa shape index (κ2) is 7.98. The lowest BCUT2D eigenvalue weighted by molar-refractivity contribution is -0.115. The summed E-state index contributed by atoms with van der Waals surface area (Å²) < 4.78 is 11.5. The van der Waals surface area contributed by atoms with Gasteiger partial charge in [-0.05, 0) is 30.2 Å². The van der Waals surface area contributed by atoms with Gasteiger partial charge < -0.3 is 9.47 Å². The molecule has 1 aromatic heterocycles. The van der Waals surface area contributed by atoms with Crippen LogP contribution in [0.25, 0.3) is 0 Å². The summed E-state index contributed by atoms with van der Waals surface area (Å²) >= 11 is 1.58. The highest BCUT2D eigenvalue weighted by molar-refractivity contribution is 8.00. The minimum Gasteiger partial charge on any atom is -0.493 e. The number of benzene rings is 2. The molecule has 1 aliphatic heterocycles. The number of nitrogens with one attached hydrogen (secondary N) is 1. The lowest BCUT2D eigenvalue weighted by atomic mass is 10.1. The standard InChI is InChI=1S/C21H21N3O3S/c1-14-10-19(23-22-14)24-20(25)13-28-21(24)16-8-9-17(18(11-16)26-2)27-12-15-6-4-3-5-7-15/h3-11,21H,12-13H2,1-2H3,(H,22,23). The average Bonchev–Trinajstić information content (AvgIpc) is 3.32. The van der Waals surface area contributed by atoms with Gasteiger partial charge in [0.2, 0.25) is 5.91 Å². The van der Waals surface area contributed by atoms with E-state index in [1.807, 2.05) is 61.5 Å². The van der Waals surface area contributed by atoms with Gasteiger partial charge in [-0.2, -0.15) is 5.10 Å². The first-order valence-electron chi connectivity index (χ1n) is 8.96. The Kier molecular flexibility index (Phi) is 5.25. The zero-order valence-electron chi connectivity index (χ0n) is 15.7. The number of carbonyl (C=O) groups excluding carboxylic acids is 1. The van der Waals surface area contributed by atoms with Gasteiger partial charge in [-0.25, -0.2) is 0 Å². The molecule has 6 nitrogen and oxygen atoms in total. The van der Waals surface area contributed by atoms with E-state index < -0.39 is 0 Å². The molecule has 4 rings (SSSR count). The van der Waals surface area contributed by atoms with Crippen LogP contribution in [0.15, 0.2) is 54.6 Å². The first kappa shape index (κ1) is 18.4. The molecule has 2 aromatic carbocycles. The minimum atomic E-state index is -0.146. The third-order valence-corrected chi connectivity index (χ3v) is 5.73. The van der Waals surface area contributed by atoms with Crippen molar-refractivity contribution in [2.75, 3.05) is 17.8 Å². The predicted molar refractivity (Wildman–Crippen MR) is 110 cm³/mol. The second-order valence-corrected chi connectivity index (χ2v) is 7.59. The molecule has 0 bridgehead atoms. The molecule has 0 aliphatic carbocycles. The van der Waals surface area contributed by atoms with Crippen LogP contribution < -0.4 is 14.4 Å². The molecule has 2 heterocycles. The Morgan fingerprint density at radius 1 is 1.18 bits per heavy atom. The molecular weight excluding hydrogens is 374 g/mol. The van der Waals surface area contributed by atoms with Gasteiger partial charge >= 0.3 is 0 Å². The van der Waals surface area contributed by atoms with Crippen LogP contribution in [0.3, 0.4) is 0 Å². The first-order chi connectivity index (χ1) is 13.7. The summed E-state index contributed by atoms with van der Waals surface area (Å²) in [5, 5.41) is 7.02. The molecule has 1 amide bonds. The fourth-order valence-electron chi connectivity index (χ4n) is 3.14. The smallest absolute Gasteiger partial charge is 0.239 e. The number of thioether (sulfide) groups is 1. The first-order valence-corrected chi connectivity index (χ1v) is 10.0. The van der Waals surface area contributed by atoms with E-state index in [-0.39, 0.29) is 11.3 Å². The van der Waals surface area contributed by atoms with Gasteiger partial charge in [-0.15, -0.1) is 11.8 Å². The van der Waals surface area contributed by atoms with Crippen LogP contribution >= 0.6 is 11.8 Å². The van der Waals surface area contributed by atoms with Crippen LogP contribution in [0.5, 0.6) is 11.5 Å². The van der Waals surface area contributed by atoms with Gasteiger partial charge in [-0.3, -0.25) is 14.8 Å². The molecule has 28 heavy (non-hydrogen) atoms. The molecule has 1 N–H and O–H groups in total. The third-order valence-electron chi connectivity index (χ3n) is 4.52. The summed E-state index contributed by atoms with van der Waals surface area (Å²) in [7, 11) is 1.62. The largest absolute Gasteiger partial charge is 0.493 e. The molecule has 1 unspecified atom stereocenters. The molecule has 144 valence electrons. The van der Waals surface area contributed by atoms with Crippen LogP contribution in [0.2, 0.25) is 0 Å². The fraction of sp³-hybridized carbons (Fsp3) is 0.238. The summed E-state index contributed by atoms with van der Waals surface area (Å²) in [5.74, 6) is 2.43. The number of methoxy groups -OCH3 is 1. The highest BCUT2D eigenvalue weighted by Gasteiger charge is 2.35. The van der Waals surface area contributed by atoms with E-state index in [4.69, 9.17) is 9.47 Å². The number of amides is 1. The number of aromatic nitrogens is 2. The van der Waals surface area contributed by atoms with E-state index in [1.165, 1.54) is 0 Å². The summed E-state index contributed by atoms with van der Waals surface area (Å²) in [6.07, 6.45) is 0. The maximum absolute atomic E-state index is 12.4. The number of aryl methyl sites for hydroxylation is 1. The predicted octanol–water partition coefficient (Wildman–Crippen LogP) is 4.08. The number of rotatable bonds is 6. The Hall–Kier alpha value is -2.93. The van der Waals surface area contributed by atoms with Crippen LogP contribution in [0.4, 0.5) is 5.82 Å². The number of hydrogen-bond donors (Lipinski definition) is 1. The monoisotopic (exact) mass is 395 g/mol. The van der Waals surface area contributed by atoms with E-state index >= 15 is 0 Å². The lowest BCUT2D eigenvalue weighted by Crippen LogP contribution is -2.28. The van der Waals surface area contributed by atoms with Crippen molar-refractivity contribution < 1.29 is 14.3 Å². The van der Waals surface area contributed by atoms with E-state index in [1.54, 1.807) is 23.8 Å². The van der Waals surface area contributed by atoms with Crippen LogP contribution in [0.1, 0.15) is 22.2 Å². The van der Waals surface area contributed by atoms with Crippen molar-refractivity contribution in [2.45, 2.75) is 18.9 Å². The number of anilines is 1. The topological polar surface area (TPSA) is 67.5 Å². The van der Waals surface area contributed by atoms with E-state index in [0.29, 0.717) is 29.7 Å². The van der Waals surface area contributed by atoms with Crippen molar-refractivity contribution in [2.24, 2.45) is 0 Å². The average molecular weight is 395 g/mol. The fourth-order valence-corrected chi connectivity index (χ4v) is 4.29. The van der Waals surface area contributed by atoms with E-state index in [2.05, 4.69) is 10.2 Å². The number of ether oxygens (including phenoxy) is 2. The zero-order chi connectivity index (χ0) is 19.5. The summed E-state index contributed by atoms with van der Waals surface area (Å²) in [6.45, 7) is 2.38. The molecule has 0 saturated carbocycles. The normalized spacial score (nSPS) is 16.4. The van der Waals surface area contributed by atoms with Crippen LogP contribution in [-0.4, -0.2) is 29.0 Å². The van der Waals surface area contributed by atoms with Gasteiger partial charge in [0.05, 0.1) is 12.9 Å². The SMILES string of the molecule is COc1cc(C2SCC(=O)N2c2cc(C)[nH]n2)ccc1OCc1ccccc1. The molecule has 7 heteroatoms. The summed E-state index contributed by atoms with van der Waals surface area (Å²) in [5.41, 5.74) is 2.98. The number of aromatic amines is 1. The molecule has 1 fully saturated rings. The molecule has 3 aromatic rings. The van der Waals surface area contributed by atoms with Crippen molar-refractivity contribution >= 4 is 23.5 Å². The highest BCUT2D eigenvalue weighted by Crippen LogP contribution is 2.43. The molecule has 1 aliphatic rings. The number of hydrogen-bond acceptors (Lipinski definition) is 5. The van der Waals surface area contributed by atoms with E-state index in [0.717, 1.165) is 16.8 Å². The Morgan fingerprint density at radius 3 is 2.71 bits per heavy atom. The van der Waals surface area contributed by atoms with Crippen LogP contribution in [0, 0.1) is 6.92 Å². The Balaban J connectivity index is 1.57. The third kappa shape index (κ3) is 3.71. The molecule has 1 atom stereocenters. The van der Waals surface area contributed by atoms with Crippen molar-refractivity contribution in [3.8, 4) is 11.5 Å². The van der Waals surface area contributed by atoms with Gasteiger partial charge in [0.25, 0.3) is 0 Å². The highest BCUT2D eigenvalue weighted by atomic mass is 32.2. The van der Waals surface area contributed by atoms with Crippen molar-refractivity contribution in [1.29, 1.82) is 0 Å². The maximum atomic E-state index is 12.4. The summed E-state index contributed by atoms with van der Waals surface area (Å²) in [4.78, 5) is 14.2. The van der Waals surface area contributed by atoms with Crippen LogP contribution in [-0.2, 0) is 11.4 Å². The number of nitrogens with zero attached hydrogens (tertiary/aromatic N) is 2. The quantitative estimate of drug-likeness (QED) is 0.681. The second-order valence-electron chi connectivity index (χ2n) is 6.52. The zero-order valence-corrected chi connectivity index (χ0v) is 16.5. The molecule has 0 radical (unpaired) electrons. The van der Waals surface area contributed by atoms with Gasteiger partial charge in [0, 0.05) is 11.8 Å². The Labute approximate surface area is 167 Å². The molecule has 1 saturated heterocycles. The maximum Gasteiger partial charge on any atom is 0.239 e. The van der Waals surface area contributed by atoms with Gasteiger partial charge in [0.1, 0.15) is 12.0 Å². The Bertz CT molecular complexity index is 974. The Morgan fingerprint density at radius 2 is 2.00 bits per heavy atom. The van der Waals surface area contributed by atoms with Gasteiger partial charge in [0.15, 0.2) is 17.3 Å². The van der Waals surface area contributed by atoms with E-state index in [9.17, 15) is 4.79 Å². The summed E-state index contributed by atoms with van der Waals surface area (Å²) in [6, 6.07) is 17.7. The van der Waals surface area contributed by atoms with Gasteiger partial charge in [-0.1, -0.05) is 36.4 Å². The van der Waals surface area contributed by atoms with Crippen molar-refractivity contribution in [3.63, 3.8) is 0 Å². The van der Waals surface area contributed by atoms with Crippen molar-refractivity contribution in [1.82, 2.24) is 10.2 Å².